The molecular weight excluding hydrogens is 252 g/mol. The SMILES string of the molecule is NCCC1CN(C(=O)C2CCCCO2)c2ccccc21. The molecule has 2 unspecified atom stereocenters. The van der Waals surface area contributed by atoms with E-state index in [-0.39, 0.29) is 12.0 Å². The number of anilines is 1. The average Bonchev–Trinajstić information content (AvgIpc) is 2.87. The van der Waals surface area contributed by atoms with Crippen LogP contribution in [-0.4, -0.2) is 31.7 Å². The average molecular weight is 274 g/mol. The number of nitrogens with two attached hydrogens (primary N) is 1. The zero-order valence-electron chi connectivity index (χ0n) is 11.8. The lowest BCUT2D eigenvalue weighted by Crippen LogP contribution is -2.41. The maximum Gasteiger partial charge on any atom is 0.256 e. The smallest absolute Gasteiger partial charge is 0.256 e. The highest BCUT2D eigenvalue weighted by atomic mass is 16.5. The summed E-state index contributed by atoms with van der Waals surface area (Å²) in [6.07, 6.45) is 3.66. The summed E-state index contributed by atoms with van der Waals surface area (Å²) in [6, 6.07) is 8.18. The van der Waals surface area contributed by atoms with E-state index in [2.05, 4.69) is 6.07 Å². The molecule has 0 saturated carbocycles. The van der Waals surface area contributed by atoms with Crippen LogP contribution in [0.15, 0.2) is 24.3 Å². The third-order valence-electron chi connectivity index (χ3n) is 4.31. The van der Waals surface area contributed by atoms with E-state index in [9.17, 15) is 4.79 Å². The van der Waals surface area contributed by atoms with Gasteiger partial charge in [0, 0.05) is 24.8 Å². The van der Waals surface area contributed by atoms with Crippen molar-refractivity contribution < 1.29 is 9.53 Å². The Morgan fingerprint density at radius 1 is 1.35 bits per heavy atom. The molecule has 0 aromatic heterocycles. The number of benzene rings is 1. The van der Waals surface area contributed by atoms with Crippen molar-refractivity contribution >= 4 is 11.6 Å². The van der Waals surface area contributed by atoms with Crippen molar-refractivity contribution in [2.75, 3.05) is 24.6 Å². The highest BCUT2D eigenvalue weighted by Crippen LogP contribution is 2.38. The Morgan fingerprint density at radius 3 is 2.95 bits per heavy atom. The van der Waals surface area contributed by atoms with Crippen LogP contribution in [0.3, 0.4) is 0 Å². The minimum Gasteiger partial charge on any atom is -0.368 e. The maximum atomic E-state index is 12.7. The lowest BCUT2D eigenvalue weighted by atomic mass is 9.98. The number of hydrogen-bond acceptors (Lipinski definition) is 3. The number of rotatable bonds is 3. The molecule has 2 aliphatic rings. The van der Waals surface area contributed by atoms with E-state index in [0.717, 1.165) is 37.9 Å². The molecular formula is C16H22N2O2. The van der Waals surface area contributed by atoms with Crippen LogP contribution in [0.4, 0.5) is 5.69 Å². The second kappa shape index (κ2) is 5.94. The van der Waals surface area contributed by atoms with Crippen molar-refractivity contribution in [1.29, 1.82) is 0 Å². The molecule has 2 aliphatic heterocycles. The third-order valence-corrected chi connectivity index (χ3v) is 4.31. The number of nitrogens with zero attached hydrogens (tertiary/aromatic N) is 1. The van der Waals surface area contributed by atoms with Crippen LogP contribution in [0, 0.1) is 0 Å². The van der Waals surface area contributed by atoms with Crippen LogP contribution in [0.2, 0.25) is 0 Å². The van der Waals surface area contributed by atoms with Crippen LogP contribution in [0.25, 0.3) is 0 Å². The quantitative estimate of drug-likeness (QED) is 0.917. The van der Waals surface area contributed by atoms with E-state index < -0.39 is 0 Å². The summed E-state index contributed by atoms with van der Waals surface area (Å²) in [7, 11) is 0. The zero-order chi connectivity index (χ0) is 13.9. The fourth-order valence-corrected chi connectivity index (χ4v) is 3.26. The van der Waals surface area contributed by atoms with Crippen LogP contribution in [0.1, 0.15) is 37.2 Å². The fourth-order valence-electron chi connectivity index (χ4n) is 3.26. The summed E-state index contributed by atoms with van der Waals surface area (Å²) < 4.78 is 5.65. The first kappa shape index (κ1) is 13.6. The Bertz CT molecular complexity index is 483. The van der Waals surface area contributed by atoms with E-state index >= 15 is 0 Å². The summed E-state index contributed by atoms with van der Waals surface area (Å²) in [5.41, 5.74) is 8.00. The van der Waals surface area contributed by atoms with Crippen LogP contribution >= 0.6 is 0 Å². The topological polar surface area (TPSA) is 55.6 Å². The van der Waals surface area contributed by atoms with Gasteiger partial charge < -0.3 is 15.4 Å². The number of fused-ring (bicyclic) bond motifs is 1. The Kier molecular flexibility index (Phi) is 4.03. The van der Waals surface area contributed by atoms with Crippen molar-refractivity contribution in [2.45, 2.75) is 37.7 Å². The standard InChI is InChI=1S/C16H22N2O2/c17-9-8-12-11-18(14-6-2-1-5-13(12)14)16(19)15-7-3-4-10-20-15/h1-2,5-6,12,15H,3-4,7-11,17H2. The molecule has 1 saturated heterocycles. The molecule has 0 aliphatic carbocycles. The van der Waals surface area contributed by atoms with Crippen molar-refractivity contribution in [3.8, 4) is 0 Å². The van der Waals surface area contributed by atoms with Gasteiger partial charge in [0.25, 0.3) is 5.91 Å². The van der Waals surface area contributed by atoms with Crippen molar-refractivity contribution in [3.05, 3.63) is 29.8 Å². The highest BCUT2D eigenvalue weighted by Gasteiger charge is 2.35. The monoisotopic (exact) mass is 274 g/mol. The molecule has 0 spiro atoms. The number of carbonyl (C=O) groups excluding carboxylic acids is 1. The first-order chi connectivity index (χ1) is 9.81. The van der Waals surface area contributed by atoms with Gasteiger partial charge in [0.15, 0.2) is 0 Å². The molecule has 0 radical (unpaired) electrons. The Labute approximate surface area is 119 Å². The molecule has 1 fully saturated rings. The summed E-state index contributed by atoms with van der Waals surface area (Å²) >= 11 is 0. The Balaban J connectivity index is 1.82. The molecule has 2 atom stereocenters. The highest BCUT2D eigenvalue weighted by molar-refractivity contribution is 5.98. The second-order valence-corrected chi connectivity index (χ2v) is 5.64. The first-order valence-corrected chi connectivity index (χ1v) is 7.53. The summed E-state index contributed by atoms with van der Waals surface area (Å²) in [5, 5.41) is 0. The van der Waals surface area contributed by atoms with Gasteiger partial charge >= 0.3 is 0 Å². The van der Waals surface area contributed by atoms with Gasteiger partial charge in [-0.1, -0.05) is 18.2 Å². The number of ether oxygens (including phenoxy) is 1. The molecule has 4 nitrogen and oxygen atoms in total. The minimum absolute atomic E-state index is 0.122. The molecule has 4 heteroatoms. The fraction of sp³-hybridized carbons (Fsp3) is 0.562. The molecule has 2 N–H and O–H groups in total. The number of carbonyl (C=O) groups is 1. The maximum absolute atomic E-state index is 12.7. The van der Waals surface area contributed by atoms with Crippen LogP contribution < -0.4 is 10.6 Å². The zero-order valence-corrected chi connectivity index (χ0v) is 11.8. The molecule has 1 aromatic carbocycles. The molecule has 1 aromatic rings. The molecule has 3 rings (SSSR count). The Morgan fingerprint density at radius 2 is 2.20 bits per heavy atom. The van der Waals surface area contributed by atoms with E-state index in [1.807, 2.05) is 23.1 Å². The Hall–Kier alpha value is -1.39. The van der Waals surface area contributed by atoms with Gasteiger partial charge in [-0.3, -0.25) is 4.79 Å². The van der Waals surface area contributed by atoms with Gasteiger partial charge in [0.1, 0.15) is 6.10 Å². The van der Waals surface area contributed by atoms with Crippen LogP contribution in [-0.2, 0) is 9.53 Å². The van der Waals surface area contributed by atoms with Crippen molar-refractivity contribution in [2.24, 2.45) is 5.73 Å². The predicted octanol–water partition coefficient (Wildman–Crippen LogP) is 2.03. The molecule has 0 bridgehead atoms. The summed E-state index contributed by atoms with van der Waals surface area (Å²) in [5.74, 6) is 0.486. The van der Waals surface area contributed by atoms with Gasteiger partial charge in [0.2, 0.25) is 0 Å². The van der Waals surface area contributed by atoms with Gasteiger partial charge in [-0.25, -0.2) is 0 Å². The van der Waals surface area contributed by atoms with E-state index in [1.54, 1.807) is 0 Å². The van der Waals surface area contributed by atoms with Gasteiger partial charge in [-0.05, 0) is 43.9 Å². The number of hydrogen-bond donors (Lipinski definition) is 1. The van der Waals surface area contributed by atoms with Gasteiger partial charge in [-0.2, -0.15) is 0 Å². The lowest BCUT2D eigenvalue weighted by molar-refractivity contribution is -0.132. The molecule has 1 amide bonds. The molecule has 108 valence electrons. The minimum atomic E-state index is -0.256. The largest absolute Gasteiger partial charge is 0.368 e. The predicted molar refractivity (Wildman–Crippen MR) is 78.8 cm³/mol. The summed E-state index contributed by atoms with van der Waals surface area (Å²) in [4.78, 5) is 14.6. The van der Waals surface area contributed by atoms with E-state index in [1.165, 1.54) is 5.56 Å². The third kappa shape index (κ3) is 2.45. The van der Waals surface area contributed by atoms with Crippen molar-refractivity contribution in [3.63, 3.8) is 0 Å². The molecule has 2 heterocycles. The first-order valence-electron chi connectivity index (χ1n) is 7.53. The van der Waals surface area contributed by atoms with Gasteiger partial charge in [-0.15, -0.1) is 0 Å². The molecule has 20 heavy (non-hydrogen) atoms. The van der Waals surface area contributed by atoms with Crippen LogP contribution in [0.5, 0.6) is 0 Å². The normalized spacial score (nSPS) is 25.6. The van der Waals surface area contributed by atoms with E-state index in [4.69, 9.17) is 10.5 Å². The number of para-hydroxylation sites is 1. The number of amides is 1. The van der Waals surface area contributed by atoms with Crippen molar-refractivity contribution in [1.82, 2.24) is 0 Å². The second-order valence-electron chi connectivity index (χ2n) is 5.64. The lowest BCUT2D eigenvalue weighted by Gasteiger charge is -2.27. The van der Waals surface area contributed by atoms with E-state index in [0.29, 0.717) is 19.1 Å². The van der Waals surface area contributed by atoms with Gasteiger partial charge in [0.05, 0.1) is 0 Å². The summed E-state index contributed by atoms with van der Waals surface area (Å²) in [6.45, 7) is 2.11.